The molecule has 1 aliphatic rings. The molecule has 2 heteroatoms. The Morgan fingerprint density at radius 1 is 1.45 bits per heavy atom. The summed E-state index contributed by atoms with van der Waals surface area (Å²) in [6.45, 7) is 0. The smallest absolute Gasteiger partial charge is 0.127 e. The van der Waals surface area contributed by atoms with Gasteiger partial charge in [0.25, 0.3) is 0 Å². The van der Waals surface area contributed by atoms with Crippen molar-refractivity contribution in [2.75, 3.05) is 0 Å². The van der Waals surface area contributed by atoms with E-state index in [-0.39, 0.29) is 10.6 Å². The van der Waals surface area contributed by atoms with Crippen LogP contribution in [0.2, 0.25) is 0 Å². The summed E-state index contributed by atoms with van der Waals surface area (Å²) in [5.74, 6) is -0.0677. The van der Waals surface area contributed by atoms with E-state index >= 15 is 0 Å². The molecular weight excluding hydrogens is 207 g/mol. The quantitative estimate of drug-likeness (QED) is 0.583. The van der Waals surface area contributed by atoms with Crippen LogP contribution in [0.15, 0.2) is 18.2 Å². The Morgan fingerprint density at radius 3 is 3.00 bits per heavy atom. The van der Waals surface area contributed by atoms with E-state index in [0.717, 1.165) is 24.0 Å². The first-order chi connectivity index (χ1) is 5.29. The molecule has 0 bridgehead atoms. The molecule has 0 saturated carbocycles. The summed E-state index contributed by atoms with van der Waals surface area (Å²) in [7, 11) is 0. The molecule has 0 N–H and O–H groups in total. The van der Waals surface area contributed by atoms with Gasteiger partial charge in [0.05, 0.1) is 0 Å². The second kappa shape index (κ2) is 2.59. The van der Waals surface area contributed by atoms with Crippen LogP contribution in [0.4, 0.5) is 4.39 Å². The summed E-state index contributed by atoms with van der Waals surface area (Å²) in [5.41, 5.74) is 2.03. The Bertz CT molecular complexity index is 283. The summed E-state index contributed by atoms with van der Waals surface area (Å²) in [6, 6.07) is 5.30. The van der Waals surface area contributed by atoms with Crippen molar-refractivity contribution in [3.63, 3.8) is 0 Å². The summed E-state index contributed by atoms with van der Waals surface area (Å²) in [5, 5.41) is 0. The Kier molecular flexibility index (Phi) is 1.72. The van der Waals surface area contributed by atoms with Crippen LogP contribution >= 0.6 is 15.9 Å². The minimum absolute atomic E-state index is 0.0677. The third-order valence-corrected chi connectivity index (χ3v) is 3.04. The third-order valence-electron chi connectivity index (χ3n) is 2.12. The van der Waals surface area contributed by atoms with Crippen LogP contribution in [0.25, 0.3) is 0 Å². The number of benzene rings is 1. The molecule has 0 radical (unpaired) electrons. The zero-order valence-electron chi connectivity index (χ0n) is 5.98. The fourth-order valence-corrected chi connectivity index (χ4v) is 2.32. The fraction of sp³-hybridized carbons (Fsp3) is 0.333. The largest absolute Gasteiger partial charge is 0.207 e. The molecule has 1 unspecified atom stereocenters. The summed E-state index contributed by atoms with van der Waals surface area (Å²) in [4.78, 5) is 0.235. The highest BCUT2D eigenvalue weighted by Crippen LogP contribution is 2.38. The first kappa shape index (κ1) is 7.29. The molecule has 1 aromatic rings. The summed E-state index contributed by atoms with van der Waals surface area (Å²) >= 11 is 3.45. The van der Waals surface area contributed by atoms with Gasteiger partial charge in [0.15, 0.2) is 0 Å². The average molecular weight is 215 g/mol. The van der Waals surface area contributed by atoms with Crippen molar-refractivity contribution in [1.29, 1.82) is 0 Å². The molecule has 11 heavy (non-hydrogen) atoms. The summed E-state index contributed by atoms with van der Waals surface area (Å²) in [6.07, 6.45) is 2.03. The number of alkyl halides is 1. The molecule has 1 aliphatic carbocycles. The lowest BCUT2D eigenvalue weighted by Gasteiger charge is -2.02. The Hall–Kier alpha value is -0.370. The van der Waals surface area contributed by atoms with Gasteiger partial charge in [-0.25, -0.2) is 4.39 Å². The average Bonchev–Trinajstić information content (AvgIpc) is 2.34. The van der Waals surface area contributed by atoms with Gasteiger partial charge in [-0.15, -0.1) is 0 Å². The van der Waals surface area contributed by atoms with Gasteiger partial charge in [-0.3, -0.25) is 0 Å². The Labute approximate surface area is 73.6 Å². The van der Waals surface area contributed by atoms with E-state index < -0.39 is 0 Å². The predicted octanol–water partition coefficient (Wildman–Crippen LogP) is 3.21. The third kappa shape index (κ3) is 1.09. The van der Waals surface area contributed by atoms with Crippen LogP contribution in [0.1, 0.15) is 22.4 Å². The molecule has 0 aliphatic heterocycles. The van der Waals surface area contributed by atoms with Gasteiger partial charge >= 0.3 is 0 Å². The summed E-state index contributed by atoms with van der Waals surface area (Å²) < 4.78 is 13.1. The highest BCUT2D eigenvalue weighted by Gasteiger charge is 2.22. The molecule has 1 aromatic carbocycles. The highest BCUT2D eigenvalue weighted by atomic mass is 79.9. The maximum Gasteiger partial charge on any atom is 0.127 e. The number of rotatable bonds is 0. The van der Waals surface area contributed by atoms with Crippen molar-refractivity contribution in [3.8, 4) is 0 Å². The standard InChI is InChI=1S/C9H8BrF/c10-7-5-4-6-2-1-3-8(11)9(6)7/h1-3,7H,4-5H2. The van der Waals surface area contributed by atoms with Crippen LogP contribution in [0.5, 0.6) is 0 Å². The first-order valence-electron chi connectivity index (χ1n) is 3.70. The number of fused-ring (bicyclic) bond motifs is 1. The van der Waals surface area contributed by atoms with E-state index in [2.05, 4.69) is 15.9 Å². The van der Waals surface area contributed by atoms with Crippen LogP contribution in [-0.4, -0.2) is 0 Å². The van der Waals surface area contributed by atoms with Crippen LogP contribution in [0.3, 0.4) is 0 Å². The molecule has 0 spiro atoms. The molecule has 0 heterocycles. The zero-order chi connectivity index (χ0) is 7.84. The monoisotopic (exact) mass is 214 g/mol. The molecule has 1 atom stereocenters. The zero-order valence-corrected chi connectivity index (χ0v) is 7.57. The van der Waals surface area contributed by atoms with E-state index in [4.69, 9.17) is 0 Å². The van der Waals surface area contributed by atoms with Crippen molar-refractivity contribution < 1.29 is 4.39 Å². The lowest BCUT2D eigenvalue weighted by atomic mass is 10.1. The minimum Gasteiger partial charge on any atom is -0.207 e. The van der Waals surface area contributed by atoms with Crippen LogP contribution in [-0.2, 0) is 6.42 Å². The van der Waals surface area contributed by atoms with Crippen molar-refractivity contribution in [1.82, 2.24) is 0 Å². The van der Waals surface area contributed by atoms with Gasteiger partial charge in [-0.1, -0.05) is 28.1 Å². The number of hydrogen-bond acceptors (Lipinski definition) is 0. The van der Waals surface area contributed by atoms with Gasteiger partial charge in [0, 0.05) is 10.4 Å². The maximum atomic E-state index is 13.1. The van der Waals surface area contributed by atoms with E-state index in [1.807, 2.05) is 6.07 Å². The molecule has 0 amide bonds. The lowest BCUT2D eigenvalue weighted by Crippen LogP contribution is -1.88. The Balaban J connectivity index is 2.58. The lowest BCUT2D eigenvalue weighted by molar-refractivity contribution is 0.612. The van der Waals surface area contributed by atoms with Crippen molar-refractivity contribution in [3.05, 3.63) is 35.1 Å². The molecule has 0 saturated heterocycles. The number of hydrogen-bond donors (Lipinski definition) is 0. The molecule has 2 rings (SSSR count). The second-order valence-corrected chi connectivity index (χ2v) is 3.92. The Morgan fingerprint density at radius 2 is 2.27 bits per heavy atom. The van der Waals surface area contributed by atoms with Gasteiger partial charge < -0.3 is 0 Å². The van der Waals surface area contributed by atoms with Gasteiger partial charge in [-0.05, 0) is 24.5 Å². The van der Waals surface area contributed by atoms with E-state index in [1.54, 1.807) is 6.07 Å². The minimum atomic E-state index is -0.0677. The number of aryl methyl sites for hydroxylation is 1. The fourth-order valence-electron chi connectivity index (χ4n) is 1.58. The van der Waals surface area contributed by atoms with E-state index in [0.29, 0.717) is 0 Å². The number of halogens is 2. The first-order valence-corrected chi connectivity index (χ1v) is 4.62. The van der Waals surface area contributed by atoms with Gasteiger partial charge in [0.1, 0.15) is 5.82 Å². The highest BCUT2D eigenvalue weighted by molar-refractivity contribution is 9.09. The van der Waals surface area contributed by atoms with Crippen LogP contribution in [0, 0.1) is 5.82 Å². The van der Waals surface area contributed by atoms with Gasteiger partial charge in [0.2, 0.25) is 0 Å². The molecule has 58 valence electrons. The van der Waals surface area contributed by atoms with E-state index in [9.17, 15) is 4.39 Å². The molecule has 0 nitrogen and oxygen atoms in total. The molecule has 0 fully saturated rings. The SMILES string of the molecule is Fc1cccc2c1C(Br)CC2. The normalized spacial score (nSPS) is 21.8. The molecule has 0 aromatic heterocycles. The van der Waals surface area contributed by atoms with Crippen molar-refractivity contribution in [2.24, 2.45) is 0 Å². The topological polar surface area (TPSA) is 0 Å². The van der Waals surface area contributed by atoms with Gasteiger partial charge in [-0.2, -0.15) is 0 Å². The predicted molar refractivity (Wildman–Crippen MR) is 46.4 cm³/mol. The van der Waals surface area contributed by atoms with E-state index in [1.165, 1.54) is 6.07 Å². The molecular formula is C9H8BrF. The van der Waals surface area contributed by atoms with Crippen molar-refractivity contribution in [2.45, 2.75) is 17.7 Å². The maximum absolute atomic E-state index is 13.1. The second-order valence-electron chi connectivity index (χ2n) is 2.82. The van der Waals surface area contributed by atoms with Crippen LogP contribution < -0.4 is 0 Å². The van der Waals surface area contributed by atoms with Crippen molar-refractivity contribution >= 4 is 15.9 Å².